The highest BCUT2D eigenvalue weighted by molar-refractivity contribution is 4.49. The number of rotatable bonds is 26. The fourth-order valence-corrected chi connectivity index (χ4v) is 4.40. The highest BCUT2D eigenvalue weighted by Crippen LogP contribution is 2.12. The summed E-state index contributed by atoms with van der Waals surface area (Å²) in [6.45, 7) is 7.35. The van der Waals surface area contributed by atoms with E-state index in [-0.39, 0.29) is 0 Å². The van der Waals surface area contributed by atoms with Crippen LogP contribution in [0, 0.1) is 0 Å². The molecule has 0 rings (SSSR count). The van der Waals surface area contributed by atoms with E-state index in [2.05, 4.69) is 19.2 Å². The van der Waals surface area contributed by atoms with Crippen molar-refractivity contribution in [2.45, 2.75) is 168 Å². The smallest absolute Gasteiger partial charge is 0.0755 e. The molecule has 1 nitrogen and oxygen atoms in total. The third kappa shape index (κ3) is 28.0. The molecule has 0 aliphatic carbocycles. The Bertz CT molecular complexity index is 237. The Labute approximate surface area is 186 Å². The quantitative estimate of drug-likeness (QED) is 0.137. The van der Waals surface area contributed by atoms with Crippen molar-refractivity contribution in [1.29, 1.82) is 0 Å². The van der Waals surface area contributed by atoms with Gasteiger partial charge in [-0.1, -0.05) is 142 Å². The number of unbranched alkanes of at least 4 members (excludes halogenated alkanes) is 22. The minimum Gasteiger partial charge on any atom is -0.346 e. The van der Waals surface area contributed by atoms with Crippen molar-refractivity contribution in [2.75, 3.05) is 13.1 Å². The van der Waals surface area contributed by atoms with E-state index in [1.54, 1.807) is 0 Å². The van der Waals surface area contributed by atoms with E-state index in [1.807, 2.05) is 0 Å². The Kier molecular flexibility index (Phi) is 27.9. The fraction of sp³-hybridized carbons (Fsp3) is 1.00. The maximum absolute atomic E-state index is 2.58. The number of quaternary nitrogens is 1. The van der Waals surface area contributed by atoms with E-state index in [0.717, 1.165) is 0 Å². The molecule has 0 spiro atoms. The number of hydrogen-bond acceptors (Lipinski definition) is 0. The zero-order valence-corrected chi connectivity index (χ0v) is 21.0. The summed E-state index contributed by atoms with van der Waals surface area (Å²) in [6.07, 6.45) is 35.1. The molecule has 0 atom stereocenters. The van der Waals surface area contributed by atoms with E-state index in [4.69, 9.17) is 0 Å². The van der Waals surface area contributed by atoms with Gasteiger partial charge in [0.2, 0.25) is 0 Å². The van der Waals surface area contributed by atoms with Crippen molar-refractivity contribution in [1.82, 2.24) is 0 Å². The highest BCUT2D eigenvalue weighted by atomic mass is 14.8. The molecule has 0 aromatic carbocycles. The second-order valence-electron chi connectivity index (χ2n) is 9.64. The average molecular weight is 411 g/mol. The van der Waals surface area contributed by atoms with Crippen LogP contribution in [-0.4, -0.2) is 13.1 Å². The first kappa shape index (κ1) is 29.0. The minimum atomic E-state index is 1.37. The van der Waals surface area contributed by atoms with Gasteiger partial charge in [0.1, 0.15) is 0 Å². The van der Waals surface area contributed by atoms with Crippen LogP contribution < -0.4 is 5.32 Å². The lowest BCUT2D eigenvalue weighted by Crippen LogP contribution is -2.84. The van der Waals surface area contributed by atoms with Gasteiger partial charge in [-0.2, -0.15) is 0 Å². The number of nitrogens with two attached hydrogens (primary N) is 1. The normalized spacial score (nSPS) is 11.4. The van der Waals surface area contributed by atoms with Gasteiger partial charge in [0.25, 0.3) is 0 Å². The molecule has 0 aliphatic heterocycles. The standard InChI is InChI=1S/C28H59N/c1-3-5-7-9-11-13-15-17-19-21-23-25-27-29-28-26-24-22-20-18-16-14-12-10-8-6-4-2/h29H,3-28H2,1-2H3/p+1. The summed E-state index contributed by atoms with van der Waals surface area (Å²) in [5.41, 5.74) is 0. The zero-order chi connectivity index (χ0) is 21.1. The molecule has 0 heterocycles. The predicted octanol–water partition coefficient (Wildman–Crippen LogP) is 8.95. The summed E-state index contributed by atoms with van der Waals surface area (Å²) in [7, 11) is 0. The van der Waals surface area contributed by atoms with Gasteiger partial charge in [0.05, 0.1) is 13.1 Å². The molecule has 176 valence electrons. The van der Waals surface area contributed by atoms with Gasteiger partial charge < -0.3 is 5.32 Å². The lowest BCUT2D eigenvalue weighted by Gasteiger charge is -2.04. The summed E-state index contributed by atoms with van der Waals surface area (Å²) in [6, 6.07) is 0. The van der Waals surface area contributed by atoms with Crippen LogP contribution >= 0.6 is 0 Å². The van der Waals surface area contributed by atoms with Crippen LogP contribution in [-0.2, 0) is 0 Å². The molecule has 0 aromatic heterocycles. The van der Waals surface area contributed by atoms with Crippen molar-refractivity contribution in [3.8, 4) is 0 Å². The molecular weight excluding hydrogens is 350 g/mol. The zero-order valence-electron chi connectivity index (χ0n) is 21.0. The van der Waals surface area contributed by atoms with Crippen LogP contribution in [0.2, 0.25) is 0 Å². The first-order valence-corrected chi connectivity index (χ1v) is 14.2. The van der Waals surface area contributed by atoms with E-state index in [9.17, 15) is 0 Å². The molecular formula is C28H60N+. The molecule has 0 bridgehead atoms. The lowest BCUT2D eigenvalue weighted by atomic mass is 10.1. The highest BCUT2D eigenvalue weighted by Gasteiger charge is 1.96. The minimum absolute atomic E-state index is 1.37. The van der Waals surface area contributed by atoms with Crippen LogP contribution in [0.25, 0.3) is 0 Å². The van der Waals surface area contributed by atoms with Gasteiger partial charge >= 0.3 is 0 Å². The molecule has 2 N–H and O–H groups in total. The van der Waals surface area contributed by atoms with Gasteiger partial charge in [0, 0.05) is 0 Å². The lowest BCUT2D eigenvalue weighted by molar-refractivity contribution is -0.655. The van der Waals surface area contributed by atoms with Crippen LogP contribution in [0.1, 0.15) is 168 Å². The van der Waals surface area contributed by atoms with Gasteiger partial charge in [-0.05, 0) is 25.7 Å². The molecule has 0 amide bonds. The SMILES string of the molecule is CCCCCCCCCCCCCC[NH2+]CCCCCCCCCCCCCC. The van der Waals surface area contributed by atoms with E-state index in [1.165, 1.54) is 167 Å². The first-order valence-electron chi connectivity index (χ1n) is 14.2. The van der Waals surface area contributed by atoms with Gasteiger partial charge in [-0.15, -0.1) is 0 Å². The summed E-state index contributed by atoms with van der Waals surface area (Å²) in [5.74, 6) is 0. The van der Waals surface area contributed by atoms with Gasteiger partial charge in [-0.25, -0.2) is 0 Å². The monoisotopic (exact) mass is 410 g/mol. The molecule has 0 radical (unpaired) electrons. The van der Waals surface area contributed by atoms with Crippen molar-refractivity contribution in [2.24, 2.45) is 0 Å². The Morgan fingerprint density at radius 1 is 0.276 bits per heavy atom. The van der Waals surface area contributed by atoms with Crippen LogP contribution in [0.15, 0.2) is 0 Å². The van der Waals surface area contributed by atoms with Crippen LogP contribution in [0.4, 0.5) is 0 Å². The Hall–Kier alpha value is -0.0400. The molecule has 0 unspecified atom stereocenters. The molecule has 29 heavy (non-hydrogen) atoms. The van der Waals surface area contributed by atoms with Crippen LogP contribution in [0.5, 0.6) is 0 Å². The third-order valence-electron chi connectivity index (χ3n) is 6.52. The maximum Gasteiger partial charge on any atom is 0.0755 e. The first-order chi connectivity index (χ1) is 14.4. The Morgan fingerprint density at radius 2 is 0.483 bits per heavy atom. The van der Waals surface area contributed by atoms with Gasteiger partial charge in [0.15, 0.2) is 0 Å². The second-order valence-corrected chi connectivity index (χ2v) is 9.64. The Balaban J connectivity index is 2.97. The van der Waals surface area contributed by atoms with Crippen molar-refractivity contribution >= 4 is 0 Å². The molecule has 0 aliphatic rings. The molecule has 1 heteroatoms. The fourth-order valence-electron chi connectivity index (χ4n) is 4.40. The van der Waals surface area contributed by atoms with E-state index >= 15 is 0 Å². The Morgan fingerprint density at radius 3 is 0.724 bits per heavy atom. The molecule has 0 saturated carbocycles. The molecule has 0 saturated heterocycles. The summed E-state index contributed by atoms with van der Waals surface area (Å²) < 4.78 is 0. The summed E-state index contributed by atoms with van der Waals surface area (Å²) >= 11 is 0. The van der Waals surface area contributed by atoms with Crippen molar-refractivity contribution in [3.05, 3.63) is 0 Å². The third-order valence-corrected chi connectivity index (χ3v) is 6.52. The van der Waals surface area contributed by atoms with E-state index in [0.29, 0.717) is 0 Å². The summed E-state index contributed by atoms with van der Waals surface area (Å²) in [5, 5.41) is 2.58. The second kappa shape index (κ2) is 28.0. The summed E-state index contributed by atoms with van der Waals surface area (Å²) in [4.78, 5) is 0. The van der Waals surface area contributed by atoms with E-state index < -0.39 is 0 Å². The van der Waals surface area contributed by atoms with Crippen molar-refractivity contribution in [3.63, 3.8) is 0 Å². The maximum atomic E-state index is 2.58. The number of hydrogen-bond donors (Lipinski definition) is 1. The van der Waals surface area contributed by atoms with Crippen molar-refractivity contribution < 1.29 is 5.32 Å². The predicted molar refractivity (Wildman–Crippen MR) is 134 cm³/mol. The molecule has 0 fully saturated rings. The average Bonchev–Trinajstić information content (AvgIpc) is 2.74. The topological polar surface area (TPSA) is 16.6 Å². The van der Waals surface area contributed by atoms with Gasteiger partial charge in [-0.3, -0.25) is 0 Å². The largest absolute Gasteiger partial charge is 0.346 e. The molecule has 0 aromatic rings. The van der Waals surface area contributed by atoms with Crippen LogP contribution in [0.3, 0.4) is 0 Å².